The fourth-order valence-corrected chi connectivity index (χ4v) is 1.92. The molecule has 0 radical (unpaired) electrons. The van der Waals surface area contributed by atoms with Crippen molar-refractivity contribution in [2.75, 3.05) is 10.6 Å². The maximum Gasteiger partial charge on any atom is 0.239 e. The second-order valence-corrected chi connectivity index (χ2v) is 5.86. The number of benzene rings is 2. The first-order valence-corrected chi connectivity index (χ1v) is 7.25. The van der Waals surface area contributed by atoms with E-state index in [2.05, 4.69) is 10.6 Å². The summed E-state index contributed by atoms with van der Waals surface area (Å²) in [6.07, 6.45) is 0. The van der Waals surface area contributed by atoms with Crippen molar-refractivity contribution in [3.05, 3.63) is 59.9 Å². The number of rotatable bonds is 4. The highest BCUT2D eigenvalue weighted by Gasteiger charge is 2.36. The van der Waals surface area contributed by atoms with Crippen LogP contribution in [0.15, 0.2) is 48.5 Å². The molecule has 2 amide bonds. The molecule has 0 aliphatic carbocycles. The summed E-state index contributed by atoms with van der Waals surface area (Å²) < 4.78 is 12.9. The first-order chi connectivity index (χ1) is 10.8. The monoisotopic (exact) mass is 314 g/mol. The van der Waals surface area contributed by atoms with Gasteiger partial charge in [0.05, 0.1) is 0 Å². The Morgan fingerprint density at radius 1 is 0.913 bits per heavy atom. The molecule has 0 unspecified atom stereocenters. The number of para-hydroxylation sites is 1. The van der Waals surface area contributed by atoms with Crippen LogP contribution in [0.4, 0.5) is 15.8 Å². The van der Waals surface area contributed by atoms with Gasteiger partial charge in [0.1, 0.15) is 11.2 Å². The smallest absolute Gasteiger partial charge is 0.239 e. The molecule has 2 rings (SSSR count). The van der Waals surface area contributed by atoms with Gasteiger partial charge in [-0.05, 0) is 56.7 Å². The number of anilines is 2. The van der Waals surface area contributed by atoms with Crippen molar-refractivity contribution < 1.29 is 14.0 Å². The van der Waals surface area contributed by atoms with Gasteiger partial charge in [-0.15, -0.1) is 0 Å². The maximum absolute atomic E-state index is 12.9. The van der Waals surface area contributed by atoms with Crippen molar-refractivity contribution in [1.82, 2.24) is 0 Å². The van der Waals surface area contributed by atoms with Crippen LogP contribution in [0.5, 0.6) is 0 Å². The van der Waals surface area contributed by atoms with Crippen LogP contribution in [0, 0.1) is 18.2 Å². The van der Waals surface area contributed by atoms with Crippen molar-refractivity contribution in [2.45, 2.75) is 20.8 Å². The van der Waals surface area contributed by atoms with Crippen LogP contribution in [0.3, 0.4) is 0 Å². The minimum absolute atomic E-state index is 0.389. The maximum atomic E-state index is 12.9. The summed E-state index contributed by atoms with van der Waals surface area (Å²) in [4.78, 5) is 24.8. The average molecular weight is 314 g/mol. The predicted molar refractivity (Wildman–Crippen MR) is 88.6 cm³/mol. The van der Waals surface area contributed by atoms with Crippen LogP contribution in [0.25, 0.3) is 0 Å². The van der Waals surface area contributed by atoms with Gasteiger partial charge in [-0.3, -0.25) is 9.59 Å². The summed E-state index contributed by atoms with van der Waals surface area (Å²) in [5, 5.41) is 5.39. The van der Waals surface area contributed by atoms with Gasteiger partial charge in [-0.1, -0.05) is 18.2 Å². The van der Waals surface area contributed by atoms with Gasteiger partial charge < -0.3 is 10.6 Å². The second-order valence-electron chi connectivity index (χ2n) is 5.86. The van der Waals surface area contributed by atoms with Crippen LogP contribution in [0.2, 0.25) is 0 Å². The van der Waals surface area contributed by atoms with Crippen molar-refractivity contribution in [2.24, 2.45) is 5.41 Å². The van der Waals surface area contributed by atoms with Gasteiger partial charge >= 0.3 is 0 Å². The Kier molecular flexibility index (Phi) is 4.79. The lowest BCUT2D eigenvalue weighted by atomic mass is 9.90. The van der Waals surface area contributed by atoms with E-state index in [1.807, 2.05) is 25.1 Å². The number of hydrogen-bond acceptors (Lipinski definition) is 2. The largest absolute Gasteiger partial charge is 0.325 e. The fraction of sp³-hybridized carbons (Fsp3) is 0.222. The number of carbonyl (C=O) groups is 2. The van der Waals surface area contributed by atoms with E-state index in [1.165, 1.54) is 24.3 Å². The molecule has 5 heteroatoms. The number of halogens is 1. The van der Waals surface area contributed by atoms with Crippen molar-refractivity contribution in [1.29, 1.82) is 0 Å². The standard InChI is InChI=1S/C18H19FN2O2/c1-12-6-4-5-7-15(12)21-17(23)18(2,3)16(22)20-14-10-8-13(19)9-11-14/h4-11H,1-3H3,(H,20,22)(H,21,23). The first kappa shape index (κ1) is 16.7. The Morgan fingerprint density at radius 3 is 2.09 bits per heavy atom. The summed E-state index contributed by atoms with van der Waals surface area (Å²) in [6, 6.07) is 12.7. The van der Waals surface area contributed by atoms with Gasteiger partial charge in [0.2, 0.25) is 11.8 Å². The number of carbonyl (C=O) groups excluding carboxylic acids is 2. The zero-order valence-corrected chi connectivity index (χ0v) is 13.3. The van der Waals surface area contributed by atoms with Gasteiger partial charge in [0, 0.05) is 11.4 Å². The lowest BCUT2D eigenvalue weighted by Crippen LogP contribution is -2.41. The Balaban J connectivity index is 2.10. The molecule has 0 fully saturated rings. The normalized spacial score (nSPS) is 11.0. The number of amides is 2. The Bertz CT molecular complexity index is 724. The minimum Gasteiger partial charge on any atom is -0.325 e. The molecule has 0 saturated heterocycles. The third kappa shape index (κ3) is 3.94. The van der Waals surface area contributed by atoms with E-state index in [0.29, 0.717) is 11.4 Å². The molecule has 0 bridgehead atoms. The summed E-state index contributed by atoms with van der Waals surface area (Å²) in [5.41, 5.74) is 0.736. The van der Waals surface area contributed by atoms with Crippen molar-refractivity contribution in [3.8, 4) is 0 Å². The minimum atomic E-state index is -1.28. The quantitative estimate of drug-likeness (QED) is 0.845. The van der Waals surface area contributed by atoms with Crippen LogP contribution in [-0.4, -0.2) is 11.8 Å². The zero-order valence-electron chi connectivity index (χ0n) is 13.3. The molecule has 23 heavy (non-hydrogen) atoms. The Labute approximate surface area is 134 Å². The zero-order chi connectivity index (χ0) is 17.0. The van der Waals surface area contributed by atoms with Gasteiger partial charge in [0.25, 0.3) is 0 Å². The highest BCUT2D eigenvalue weighted by Crippen LogP contribution is 2.23. The topological polar surface area (TPSA) is 58.2 Å². The Hall–Kier alpha value is -2.69. The molecule has 0 saturated carbocycles. The van der Waals surface area contributed by atoms with E-state index in [4.69, 9.17) is 0 Å². The van der Waals surface area contributed by atoms with E-state index in [0.717, 1.165) is 5.56 Å². The molecule has 0 aliphatic rings. The highest BCUT2D eigenvalue weighted by molar-refractivity contribution is 6.14. The van der Waals surface area contributed by atoms with Crippen molar-refractivity contribution in [3.63, 3.8) is 0 Å². The van der Waals surface area contributed by atoms with E-state index in [9.17, 15) is 14.0 Å². The van der Waals surface area contributed by atoms with Crippen LogP contribution >= 0.6 is 0 Å². The van der Waals surface area contributed by atoms with Crippen LogP contribution < -0.4 is 10.6 Å². The molecule has 0 spiro atoms. The van der Waals surface area contributed by atoms with Gasteiger partial charge in [-0.2, -0.15) is 0 Å². The van der Waals surface area contributed by atoms with E-state index in [1.54, 1.807) is 19.9 Å². The molecular weight excluding hydrogens is 295 g/mol. The number of aryl methyl sites for hydroxylation is 1. The molecule has 2 aromatic rings. The second kappa shape index (κ2) is 6.60. The fourth-order valence-electron chi connectivity index (χ4n) is 1.92. The van der Waals surface area contributed by atoms with Crippen molar-refractivity contribution >= 4 is 23.2 Å². The molecule has 2 N–H and O–H groups in total. The molecule has 4 nitrogen and oxygen atoms in total. The summed E-state index contributed by atoms with van der Waals surface area (Å²) in [5.74, 6) is -1.26. The molecule has 120 valence electrons. The van der Waals surface area contributed by atoms with Crippen LogP contribution in [-0.2, 0) is 9.59 Å². The average Bonchev–Trinajstić information content (AvgIpc) is 2.51. The number of hydrogen-bond donors (Lipinski definition) is 2. The molecule has 2 aromatic carbocycles. The van der Waals surface area contributed by atoms with E-state index >= 15 is 0 Å². The summed E-state index contributed by atoms with van der Waals surface area (Å²) in [6.45, 7) is 4.96. The third-order valence-electron chi connectivity index (χ3n) is 3.63. The SMILES string of the molecule is Cc1ccccc1NC(=O)C(C)(C)C(=O)Nc1ccc(F)cc1. The van der Waals surface area contributed by atoms with E-state index < -0.39 is 17.2 Å². The lowest BCUT2D eigenvalue weighted by Gasteiger charge is -2.23. The highest BCUT2D eigenvalue weighted by atomic mass is 19.1. The van der Waals surface area contributed by atoms with E-state index in [-0.39, 0.29) is 5.82 Å². The molecular formula is C18H19FN2O2. The van der Waals surface area contributed by atoms with Gasteiger partial charge in [-0.25, -0.2) is 4.39 Å². The lowest BCUT2D eigenvalue weighted by molar-refractivity contribution is -0.135. The number of nitrogens with one attached hydrogen (secondary N) is 2. The van der Waals surface area contributed by atoms with Gasteiger partial charge in [0.15, 0.2) is 0 Å². The molecule has 0 aliphatic heterocycles. The van der Waals surface area contributed by atoms with Crippen LogP contribution in [0.1, 0.15) is 19.4 Å². The summed E-state index contributed by atoms with van der Waals surface area (Å²) in [7, 11) is 0. The predicted octanol–water partition coefficient (Wildman–Crippen LogP) is 3.74. The summed E-state index contributed by atoms with van der Waals surface area (Å²) >= 11 is 0. The molecule has 0 atom stereocenters. The Morgan fingerprint density at radius 2 is 1.48 bits per heavy atom. The molecule has 0 heterocycles. The third-order valence-corrected chi connectivity index (χ3v) is 3.63. The first-order valence-electron chi connectivity index (χ1n) is 7.25. The molecule has 0 aromatic heterocycles.